The van der Waals surface area contributed by atoms with Crippen LogP contribution in [-0.4, -0.2) is 24.0 Å². The van der Waals surface area contributed by atoms with E-state index in [1.807, 2.05) is 13.0 Å². The van der Waals surface area contributed by atoms with Crippen molar-refractivity contribution in [2.45, 2.75) is 45.2 Å². The minimum Gasteiger partial charge on any atom is -0.329 e. The molecule has 2 nitrogen and oxygen atoms in total. The van der Waals surface area contributed by atoms with Crippen molar-refractivity contribution in [3.8, 4) is 0 Å². The fraction of sp³-hybridized carbons (Fsp3) is 0.600. The lowest BCUT2D eigenvalue weighted by molar-refractivity contribution is 0.195. The molecule has 1 fully saturated rings. The third kappa shape index (κ3) is 3.30. The average molecular weight is 250 g/mol. The summed E-state index contributed by atoms with van der Waals surface area (Å²) in [4.78, 5) is 2.47. The van der Waals surface area contributed by atoms with E-state index in [-0.39, 0.29) is 5.82 Å². The molecule has 0 saturated heterocycles. The summed E-state index contributed by atoms with van der Waals surface area (Å²) in [6.07, 6.45) is 5.21. The number of halogens is 1. The largest absolute Gasteiger partial charge is 0.329 e. The van der Waals surface area contributed by atoms with Gasteiger partial charge in [0.25, 0.3) is 0 Å². The summed E-state index contributed by atoms with van der Waals surface area (Å²) in [5.74, 6) is -0.150. The van der Waals surface area contributed by atoms with Crippen molar-refractivity contribution in [3.05, 3.63) is 35.1 Å². The standard InChI is InChI=1S/C15H23FN2/c1-12-10-14(16)7-6-13(12)11-18(9-8-17)15-4-2-3-5-15/h6-7,10,15H,2-5,8-9,11,17H2,1H3. The molecule has 0 unspecified atom stereocenters. The Bertz CT molecular complexity index is 386. The normalized spacial score (nSPS) is 16.7. The number of hydrogen-bond donors (Lipinski definition) is 1. The predicted molar refractivity (Wildman–Crippen MR) is 72.9 cm³/mol. The van der Waals surface area contributed by atoms with E-state index >= 15 is 0 Å². The van der Waals surface area contributed by atoms with Crippen molar-refractivity contribution < 1.29 is 4.39 Å². The minimum atomic E-state index is -0.150. The van der Waals surface area contributed by atoms with E-state index in [4.69, 9.17) is 5.73 Å². The van der Waals surface area contributed by atoms with Crippen LogP contribution in [0.3, 0.4) is 0 Å². The smallest absolute Gasteiger partial charge is 0.123 e. The lowest BCUT2D eigenvalue weighted by Crippen LogP contribution is -2.36. The van der Waals surface area contributed by atoms with Crippen molar-refractivity contribution in [3.63, 3.8) is 0 Å². The van der Waals surface area contributed by atoms with Gasteiger partial charge in [0.15, 0.2) is 0 Å². The molecule has 3 heteroatoms. The minimum absolute atomic E-state index is 0.150. The predicted octanol–water partition coefficient (Wildman–Crippen LogP) is 2.84. The van der Waals surface area contributed by atoms with Crippen LogP contribution in [0, 0.1) is 12.7 Å². The maximum atomic E-state index is 13.1. The fourth-order valence-corrected chi connectivity index (χ4v) is 2.88. The van der Waals surface area contributed by atoms with Crippen LogP contribution in [0.2, 0.25) is 0 Å². The fourth-order valence-electron chi connectivity index (χ4n) is 2.88. The Morgan fingerprint density at radius 1 is 1.33 bits per heavy atom. The van der Waals surface area contributed by atoms with Crippen LogP contribution in [0.5, 0.6) is 0 Å². The first kappa shape index (κ1) is 13.5. The van der Waals surface area contributed by atoms with Crippen molar-refractivity contribution in [1.82, 2.24) is 4.90 Å². The molecule has 100 valence electrons. The zero-order chi connectivity index (χ0) is 13.0. The van der Waals surface area contributed by atoms with Gasteiger partial charge in [-0.1, -0.05) is 18.9 Å². The Kier molecular flexibility index (Phi) is 4.72. The molecular weight excluding hydrogens is 227 g/mol. The second kappa shape index (κ2) is 6.30. The van der Waals surface area contributed by atoms with Gasteiger partial charge in [-0.2, -0.15) is 0 Å². The number of nitrogens with zero attached hydrogens (tertiary/aromatic N) is 1. The van der Waals surface area contributed by atoms with E-state index in [9.17, 15) is 4.39 Å². The molecule has 1 aromatic carbocycles. The summed E-state index contributed by atoms with van der Waals surface area (Å²) < 4.78 is 13.1. The summed E-state index contributed by atoms with van der Waals surface area (Å²) in [6, 6.07) is 5.74. The highest BCUT2D eigenvalue weighted by Crippen LogP contribution is 2.25. The van der Waals surface area contributed by atoms with Gasteiger partial charge in [-0.05, 0) is 43.0 Å². The zero-order valence-corrected chi connectivity index (χ0v) is 11.2. The number of benzene rings is 1. The van der Waals surface area contributed by atoms with Crippen LogP contribution in [0.4, 0.5) is 4.39 Å². The molecule has 0 bridgehead atoms. The first-order valence-electron chi connectivity index (χ1n) is 6.90. The molecule has 0 amide bonds. The Balaban J connectivity index is 2.07. The Hall–Kier alpha value is -0.930. The number of rotatable bonds is 5. The summed E-state index contributed by atoms with van der Waals surface area (Å²) in [6.45, 7) is 4.50. The van der Waals surface area contributed by atoms with Crippen LogP contribution in [0.1, 0.15) is 36.8 Å². The SMILES string of the molecule is Cc1cc(F)ccc1CN(CCN)C1CCCC1. The van der Waals surface area contributed by atoms with Crippen molar-refractivity contribution in [2.75, 3.05) is 13.1 Å². The lowest BCUT2D eigenvalue weighted by Gasteiger charge is -2.29. The van der Waals surface area contributed by atoms with Crippen molar-refractivity contribution in [2.24, 2.45) is 5.73 Å². The highest BCUT2D eigenvalue weighted by Gasteiger charge is 2.22. The summed E-state index contributed by atoms with van der Waals surface area (Å²) in [5.41, 5.74) is 7.97. The van der Waals surface area contributed by atoms with Gasteiger partial charge in [-0.3, -0.25) is 4.90 Å². The van der Waals surface area contributed by atoms with E-state index < -0.39 is 0 Å². The number of hydrogen-bond acceptors (Lipinski definition) is 2. The first-order chi connectivity index (χ1) is 8.70. The van der Waals surface area contributed by atoms with Crippen LogP contribution in [-0.2, 0) is 6.54 Å². The van der Waals surface area contributed by atoms with Gasteiger partial charge in [0.2, 0.25) is 0 Å². The second-order valence-electron chi connectivity index (χ2n) is 5.27. The van der Waals surface area contributed by atoms with Gasteiger partial charge in [-0.15, -0.1) is 0 Å². The molecule has 0 radical (unpaired) electrons. The van der Waals surface area contributed by atoms with E-state index in [0.29, 0.717) is 12.6 Å². The van der Waals surface area contributed by atoms with Gasteiger partial charge < -0.3 is 5.73 Å². The molecule has 0 heterocycles. The van der Waals surface area contributed by atoms with Crippen LogP contribution >= 0.6 is 0 Å². The Labute approximate surface area is 109 Å². The molecular formula is C15H23FN2. The topological polar surface area (TPSA) is 29.3 Å². The Morgan fingerprint density at radius 2 is 2.06 bits per heavy atom. The average Bonchev–Trinajstić information content (AvgIpc) is 2.85. The first-order valence-corrected chi connectivity index (χ1v) is 6.90. The highest BCUT2D eigenvalue weighted by molar-refractivity contribution is 5.26. The molecule has 0 aliphatic heterocycles. The van der Waals surface area contributed by atoms with E-state index in [2.05, 4.69) is 4.90 Å². The molecule has 2 rings (SSSR count). The van der Waals surface area contributed by atoms with Crippen LogP contribution in [0.15, 0.2) is 18.2 Å². The molecule has 1 aliphatic rings. The van der Waals surface area contributed by atoms with Gasteiger partial charge >= 0.3 is 0 Å². The van der Waals surface area contributed by atoms with E-state index in [0.717, 1.165) is 18.7 Å². The van der Waals surface area contributed by atoms with Gasteiger partial charge in [0.1, 0.15) is 5.82 Å². The van der Waals surface area contributed by atoms with Crippen molar-refractivity contribution in [1.29, 1.82) is 0 Å². The molecule has 0 aromatic heterocycles. The summed E-state index contributed by atoms with van der Waals surface area (Å²) in [7, 11) is 0. The molecule has 18 heavy (non-hydrogen) atoms. The third-order valence-electron chi connectivity index (χ3n) is 3.94. The quantitative estimate of drug-likeness (QED) is 0.870. The number of aryl methyl sites for hydroxylation is 1. The van der Waals surface area contributed by atoms with Gasteiger partial charge in [0, 0.05) is 25.7 Å². The highest BCUT2D eigenvalue weighted by atomic mass is 19.1. The maximum absolute atomic E-state index is 13.1. The van der Waals surface area contributed by atoms with Crippen LogP contribution < -0.4 is 5.73 Å². The Morgan fingerprint density at radius 3 is 2.67 bits per heavy atom. The third-order valence-corrected chi connectivity index (χ3v) is 3.94. The lowest BCUT2D eigenvalue weighted by atomic mass is 10.1. The van der Waals surface area contributed by atoms with Crippen molar-refractivity contribution >= 4 is 0 Å². The summed E-state index contributed by atoms with van der Waals surface area (Å²) in [5, 5.41) is 0. The zero-order valence-electron chi connectivity index (χ0n) is 11.2. The molecule has 1 aromatic rings. The monoisotopic (exact) mass is 250 g/mol. The van der Waals surface area contributed by atoms with Gasteiger partial charge in [0.05, 0.1) is 0 Å². The maximum Gasteiger partial charge on any atom is 0.123 e. The van der Waals surface area contributed by atoms with Crippen LogP contribution in [0.25, 0.3) is 0 Å². The molecule has 2 N–H and O–H groups in total. The molecule has 1 saturated carbocycles. The van der Waals surface area contributed by atoms with E-state index in [1.54, 1.807) is 12.1 Å². The number of nitrogens with two attached hydrogens (primary N) is 1. The second-order valence-corrected chi connectivity index (χ2v) is 5.27. The molecule has 0 atom stereocenters. The molecule has 0 spiro atoms. The van der Waals surface area contributed by atoms with Gasteiger partial charge in [-0.25, -0.2) is 4.39 Å². The summed E-state index contributed by atoms with van der Waals surface area (Å²) >= 11 is 0. The van der Waals surface area contributed by atoms with E-state index in [1.165, 1.54) is 31.2 Å². The molecule has 1 aliphatic carbocycles.